The summed E-state index contributed by atoms with van der Waals surface area (Å²) in [5.74, 6) is 0. The molecule has 2 heteroatoms. The first-order chi connectivity index (χ1) is 7.83. The first-order valence-corrected chi connectivity index (χ1v) is 6.44. The van der Waals surface area contributed by atoms with Gasteiger partial charge in [0.25, 0.3) is 0 Å². The van der Waals surface area contributed by atoms with Gasteiger partial charge >= 0.3 is 0 Å². The van der Waals surface area contributed by atoms with E-state index in [1.54, 1.807) is 11.3 Å². The molecule has 84 valence electrons. The Morgan fingerprint density at radius 2 is 1.81 bits per heavy atom. The highest BCUT2D eigenvalue weighted by Crippen LogP contribution is 2.28. The Bertz CT molecular complexity index is 442. The van der Waals surface area contributed by atoms with Crippen LogP contribution in [-0.2, 0) is 13.0 Å². The fourth-order valence-corrected chi connectivity index (χ4v) is 2.62. The first-order valence-electron chi connectivity index (χ1n) is 5.62. The average molecular weight is 232 g/mol. The molecule has 2 rings (SSSR count). The standard InChI is InChI=1S/C14H16OS/c1-2-3-11-4-6-12(7-5-11)14-9-8-13(10-15)16-14/h4-9,15H,2-3,10H2,1H3. The SMILES string of the molecule is CCCc1ccc(-c2ccc(CO)s2)cc1. The van der Waals surface area contributed by atoms with Crippen molar-refractivity contribution in [2.45, 2.75) is 26.4 Å². The summed E-state index contributed by atoms with van der Waals surface area (Å²) in [7, 11) is 0. The fraction of sp³-hybridized carbons (Fsp3) is 0.286. The normalized spacial score (nSPS) is 10.6. The molecule has 1 N–H and O–H groups in total. The highest BCUT2D eigenvalue weighted by Gasteiger charge is 2.02. The molecule has 0 aliphatic heterocycles. The van der Waals surface area contributed by atoms with Crippen molar-refractivity contribution in [2.75, 3.05) is 0 Å². The lowest BCUT2D eigenvalue weighted by Gasteiger charge is -2.00. The third kappa shape index (κ3) is 2.52. The van der Waals surface area contributed by atoms with Crippen LogP contribution in [0, 0.1) is 0 Å². The summed E-state index contributed by atoms with van der Waals surface area (Å²) >= 11 is 1.66. The lowest BCUT2D eigenvalue weighted by atomic mass is 10.1. The minimum atomic E-state index is 0.137. The number of aryl methyl sites for hydroxylation is 1. The van der Waals surface area contributed by atoms with Crippen molar-refractivity contribution in [1.82, 2.24) is 0 Å². The molecule has 0 saturated heterocycles. The molecule has 16 heavy (non-hydrogen) atoms. The number of aliphatic hydroxyl groups is 1. The van der Waals surface area contributed by atoms with Crippen LogP contribution in [0.4, 0.5) is 0 Å². The van der Waals surface area contributed by atoms with Crippen LogP contribution in [0.2, 0.25) is 0 Å². The molecule has 0 radical (unpaired) electrons. The molecule has 0 unspecified atom stereocenters. The number of thiophene rings is 1. The van der Waals surface area contributed by atoms with Gasteiger partial charge in [-0.25, -0.2) is 0 Å². The van der Waals surface area contributed by atoms with Gasteiger partial charge in [0.1, 0.15) is 0 Å². The third-order valence-corrected chi connectivity index (χ3v) is 3.71. The molecular weight excluding hydrogens is 216 g/mol. The quantitative estimate of drug-likeness (QED) is 0.848. The molecule has 0 fully saturated rings. The number of benzene rings is 1. The van der Waals surface area contributed by atoms with Crippen molar-refractivity contribution >= 4 is 11.3 Å². The van der Waals surface area contributed by atoms with E-state index in [4.69, 9.17) is 5.11 Å². The molecule has 0 saturated carbocycles. The van der Waals surface area contributed by atoms with E-state index in [1.165, 1.54) is 22.4 Å². The number of hydrogen-bond acceptors (Lipinski definition) is 2. The van der Waals surface area contributed by atoms with Crippen LogP contribution in [0.1, 0.15) is 23.8 Å². The smallest absolute Gasteiger partial charge is 0.0774 e. The van der Waals surface area contributed by atoms with Crippen LogP contribution in [0.15, 0.2) is 36.4 Å². The molecule has 0 aliphatic rings. The predicted molar refractivity (Wildman–Crippen MR) is 69.7 cm³/mol. The summed E-state index contributed by atoms with van der Waals surface area (Å²) in [5.41, 5.74) is 2.63. The maximum Gasteiger partial charge on any atom is 0.0774 e. The minimum Gasteiger partial charge on any atom is -0.391 e. The molecule has 0 bridgehead atoms. The highest BCUT2D eigenvalue weighted by atomic mass is 32.1. The van der Waals surface area contributed by atoms with Crippen molar-refractivity contribution in [2.24, 2.45) is 0 Å². The van der Waals surface area contributed by atoms with Gasteiger partial charge in [-0.15, -0.1) is 11.3 Å². The topological polar surface area (TPSA) is 20.2 Å². The molecule has 0 spiro atoms. The van der Waals surface area contributed by atoms with E-state index in [2.05, 4.69) is 37.3 Å². The maximum absolute atomic E-state index is 9.02. The molecular formula is C14H16OS. The third-order valence-electron chi connectivity index (χ3n) is 2.59. The van der Waals surface area contributed by atoms with Gasteiger partial charge in [0.05, 0.1) is 6.61 Å². The lowest BCUT2D eigenvalue weighted by Crippen LogP contribution is -1.82. The second-order valence-electron chi connectivity index (χ2n) is 3.87. The Labute approximate surface area is 100 Å². The second kappa shape index (κ2) is 5.28. The van der Waals surface area contributed by atoms with Gasteiger partial charge in [-0.2, -0.15) is 0 Å². The van der Waals surface area contributed by atoms with E-state index in [0.717, 1.165) is 11.3 Å². The molecule has 2 aromatic rings. The summed E-state index contributed by atoms with van der Waals surface area (Å²) < 4.78 is 0. The second-order valence-corrected chi connectivity index (χ2v) is 5.04. The Kier molecular flexibility index (Phi) is 3.75. The average Bonchev–Trinajstić information content (AvgIpc) is 2.79. The van der Waals surface area contributed by atoms with E-state index in [1.807, 2.05) is 6.07 Å². The first kappa shape index (κ1) is 11.4. The predicted octanol–water partition coefficient (Wildman–Crippen LogP) is 3.86. The van der Waals surface area contributed by atoms with Crippen LogP contribution >= 0.6 is 11.3 Å². The van der Waals surface area contributed by atoms with Gasteiger partial charge in [-0.1, -0.05) is 37.6 Å². The molecule has 1 heterocycles. The van der Waals surface area contributed by atoms with Crippen molar-refractivity contribution in [3.63, 3.8) is 0 Å². The van der Waals surface area contributed by atoms with Gasteiger partial charge in [-0.05, 0) is 29.7 Å². The zero-order valence-electron chi connectivity index (χ0n) is 9.44. The summed E-state index contributed by atoms with van der Waals surface area (Å²) in [5, 5.41) is 9.02. The van der Waals surface area contributed by atoms with Gasteiger partial charge < -0.3 is 5.11 Å². The summed E-state index contributed by atoms with van der Waals surface area (Å²) in [6.45, 7) is 2.33. The zero-order valence-corrected chi connectivity index (χ0v) is 10.3. The van der Waals surface area contributed by atoms with E-state index < -0.39 is 0 Å². The van der Waals surface area contributed by atoms with Crippen LogP contribution in [0.25, 0.3) is 10.4 Å². The Balaban J connectivity index is 2.20. The summed E-state index contributed by atoms with van der Waals surface area (Å²) in [6.07, 6.45) is 2.33. The van der Waals surface area contributed by atoms with Gasteiger partial charge in [-0.3, -0.25) is 0 Å². The van der Waals surface area contributed by atoms with Crippen LogP contribution in [0.3, 0.4) is 0 Å². The van der Waals surface area contributed by atoms with Crippen molar-refractivity contribution in [1.29, 1.82) is 0 Å². The minimum absolute atomic E-state index is 0.137. The molecule has 1 aromatic carbocycles. The maximum atomic E-state index is 9.02. The van der Waals surface area contributed by atoms with E-state index >= 15 is 0 Å². The van der Waals surface area contributed by atoms with Crippen LogP contribution in [0.5, 0.6) is 0 Å². The molecule has 0 amide bonds. The van der Waals surface area contributed by atoms with E-state index in [9.17, 15) is 0 Å². The van der Waals surface area contributed by atoms with Crippen LogP contribution < -0.4 is 0 Å². The number of aliphatic hydroxyl groups excluding tert-OH is 1. The lowest BCUT2D eigenvalue weighted by molar-refractivity contribution is 0.285. The van der Waals surface area contributed by atoms with Crippen LogP contribution in [-0.4, -0.2) is 5.11 Å². The van der Waals surface area contributed by atoms with Gasteiger partial charge in [0.15, 0.2) is 0 Å². The molecule has 0 atom stereocenters. The van der Waals surface area contributed by atoms with Gasteiger partial charge in [0.2, 0.25) is 0 Å². The number of rotatable bonds is 4. The Morgan fingerprint density at radius 3 is 2.38 bits per heavy atom. The Hall–Kier alpha value is -1.12. The van der Waals surface area contributed by atoms with Crippen molar-refractivity contribution in [3.05, 3.63) is 46.8 Å². The van der Waals surface area contributed by atoms with E-state index in [0.29, 0.717) is 0 Å². The van der Waals surface area contributed by atoms with E-state index in [-0.39, 0.29) is 6.61 Å². The van der Waals surface area contributed by atoms with Gasteiger partial charge in [0, 0.05) is 9.75 Å². The fourth-order valence-electron chi connectivity index (χ4n) is 1.74. The van der Waals surface area contributed by atoms with Crippen molar-refractivity contribution < 1.29 is 5.11 Å². The molecule has 1 nitrogen and oxygen atoms in total. The highest BCUT2D eigenvalue weighted by molar-refractivity contribution is 7.15. The summed E-state index contributed by atoms with van der Waals surface area (Å²) in [4.78, 5) is 2.25. The Morgan fingerprint density at radius 1 is 1.06 bits per heavy atom. The molecule has 0 aliphatic carbocycles. The zero-order chi connectivity index (χ0) is 11.4. The molecule has 1 aromatic heterocycles. The number of hydrogen-bond donors (Lipinski definition) is 1. The van der Waals surface area contributed by atoms with Crippen molar-refractivity contribution in [3.8, 4) is 10.4 Å². The largest absolute Gasteiger partial charge is 0.391 e. The monoisotopic (exact) mass is 232 g/mol. The summed E-state index contributed by atoms with van der Waals surface area (Å²) in [6, 6.07) is 12.8.